The van der Waals surface area contributed by atoms with Crippen LogP contribution < -0.4 is 11.5 Å². The van der Waals surface area contributed by atoms with Crippen molar-refractivity contribution in [3.8, 4) is 0 Å². The highest BCUT2D eigenvalue weighted by atomic mass is 14.6. The van der Waals surface area contributed by atoms with E-state index in [1.807, 2.05) is 0 Å². The zero-order valence-corrected chi connectivity index (χ0v) is 11.0. The molecule has 0 spiro atoms. The van der Waals surface area contributed by atoms with Crippen molar-refractivity contribution in [1.29, 1.82) is 0 Å². The van der Waals surface area contributed by atoms with E-state index in [9.17, 15) is 0 Å². The monoisotopic (exact) mass is 226 g/mol. The summed E-state index contributed by atoms with van der Waals surface area (Å²) in [6.45, 7) is 3.15. The molecule has 1 aliphatic carbocycles. The fourth-order valence-corrected chi connectivity index (χ4v) is 3.09. The lowest BCUT2D eigenvalue weighted by Crippen LogP contribution is -2.27. The van der Waals surface area contributed by atoms with Gasteiger partial charge >= 0.3 is 0 Å². The lowest BCUT2D eigenvalue weighted by atomic mass is 9.79. The molecule has 1 saturated carbocycles. The van der Waals surface area contributed by atoms with Crippen molar-refractivity contribution in [3.05, 3.63) is 0 Å². The van der Waals surface area contributed by atoms with Gasteiger partial charge in [0.2, 0.25) is 0 Å². The van der Waals surface area contributed by atoms with Crippen LogP contribution in [0.4, 0.5) is 0 Å². The van der Waals surface area contributed by atoms with Crippen molar-refractivity contribution >= 4 is 0 Å². The third-order valence-electron chi connectivity index (χ3n) is 4.07. The molecule has 0 aromatic heterocycles. The third kappa shape index (κ3) is 5.31. The van der Waals surface area contributed by atoms with Crippen LogP contribution in [0.2, 0.25) is 0 Å². The van der Waals surface area contributed by atoms with Crippen LogP contribution in [0.25, 0.3) is 0 Å². The van der Waals surface area contributed by atoms with Crippen LogP contribution in [0.1, 0.15) is 64.7 Å². The average Bonchev–Trinajstić information content (AvgIpc) is 2.29. The van der Waals surface area contributed by atoms with E-state index < -0.39 is 0 Å². The van der Waals surface area contributed by atoms with E-state index in [4.69, 9.17) is 11.5 Å². The molecule has 0 radical (unpaired) electrons. The molecule has 2 nitrogen and oxygen atoms in total. The molecule has 1 atom stereocenters. The molecule has 0 aliphatic heterocycles. The maximum atomic E-state index is 5.95. The van der Waals surface area contributed by atoms with Crippen molar-refractivity contribution in [1.82, 2.24) is 0 Å². The molecular weight excluding hydrogens is 196 g/mol. The molecule has 2 heteroatoms. The lowest BCUT2D eigenvalue weighted by molar-refractivity contribution is 0.252. The summed E-state index contributed by atoms with van der Waals surface area (Å²) in [7, 11) is 0. The average molecular weight is 226 g/mol. The minimum atomic E-state index is 0.491. The molecule has 0 saturated heterocycles. The van der Waals surface area contributed by atoms with Crippen LogP contribution in [-0.4, -0.2) is 12.6 Å². The van der Waals surface area contributed by atoms with Crippen molar-refractivity contribution in [2.75, 3.05) is 6.54 Å². The van der Waals surface area contributed by atoms with Gasteiger partial charge in [0.25, 0.3) is 0 Å². The summed E-state index contributed by atoms with van der Waals surface area (Å²) in [5.74, 6) is 1.88. The molecule has 0 aromatic carbocycles. The summed E-state index contributed by atoms with van der Waals surface area (Å²) in [4.78, 5) is 0. The first kappa shape index (κ1) is 14.0. The van der Waals surface area contributed by atoms with Crippen LogP contribution >= 0.6 is 0 Å². The highest BCUT2D eigenvalue weighted by Gasteiger charge is 2.21. The quantitative estimate of drug-likeness (QED) is 0.701. The topological polar surface area (TPSA) is 52.0 Å². The minimum absolute atomic E-state index is 0.491. The summed E-state index contributed by atoms with van der Waals surface area (Å²) in [6, 6.07) is 0.491. The number of rotatable bonds is 7. The summed E-state index contributed by atoms with van der Waals surface area (Å²) >= 11 is 0. The maximum Gasteiger partial charge on any atom is 0.00390 e. The summed E-state index contributed by atoms with van der Waals surface area (Å²) in [5.41, 5.74) is 11.6. The largest absolute Gasteiger partial charge is 0.330 e. The van der Waals surface area contributed by atoms with Crippen molar-refractivity contribution in [3.63, 3.8) is 0 Å². The van der Waals surface area contributed by atoms with E-state index in [0.717, 1.165) is 18.4 Å². The maximum absolute atomic E-state index is 5.95. The Kier molecular flexibility index (Phi) is 7.06. The van der Waals surface area contributed by atoms with Crippen LogP contribution in [0.5, 0.6) is 0 Å². The predicted octanol–water partition coefficient (Wildman–Crippen LogP) is 3.05. The van der Waals surface area contributed by atoms with Crippen LogP contribution in [0.3, 0.4) is 0 Å². The second-order valence-electron chi connectivity index (χ2n) is 5.60. The molecule has 1 unspecified atom stereocenters. The zero-order valence-electron chi connectivity index (χ0n) is 11.0. The van der Waals surface area contributed by atoms with Gasteiger partial charge in [0.1, 0.15) is 0 Å². The van der Waals surface area contributed by atoms with Gasteiger partial charge in [-0.15, -0.1) is 0 Å². The first-order valence-corrected chi connectivity index (χ1v) is 7.21. The van der Waals surface area contributed by atoms with Gasteiger partial charge in [0.05, 0.1) is 0 Å². The first-order chi connectivity index (χ1) is 7.76. The van der Waals surface area contributed by atoms with Gasteiger partial charge in [0, 0.05) is 6.04 Å². The Morgan fingerprint density at radius 1 is 1.12 bits per heavy atom. The molecule has 16 heavy (non-hydrogen) atoms. The SMILES string of the molecule is CCCC(CCCN)CC1CCC(N)CC1. The van der Waals surface area contributed by atoms with Gasteiger partial charge < -0.3 is 11.5 Å². The molecule has 0 amide bonds. The van der Waals surface area contributed by atoms with Gasteiger partial charge in [-0.1, -0.05) is 19.8 Å². The first-order valence-electron chi connectivity index (χ1n) is 7.21. The molecule has 1 aliphatic rings. The van der Waals surface area contributed by atoms with Gasteiger partial charge in [0.15, 0.2) is 0 Å². The second-order valence-corrected chi connectivity index (χ2v) is 5.60. The molecule has 4 N–H and O–H groups in total. The van der Waals surface area contributed by atoms with E-state index >= 15 is 0 Å². The fourth-order valence-electron chi connectivity index (χ4n) is 3.09. The number of nitrogens with two attached hydrogens (primary N) is 2. The molecule has 0 aromatic rings. The Balaban J connectivity index is 2.24. The Morgan fingerprint density at radius 2 is 1.81 bits per heavy atom. The minimum Gasteiger partial charge on any atom is -0.330 e. The molecule has 0 bridgehead atoms. The molecule has 1 fully saturated rings. The van der Waals surface area contributed by atoms with Gasteiger partial charge in [-0.3, -0.25) is 0 Å². The highest BCUT2D eigenvalue weighted by molar-refractivity contribution is 4.76. The van der Waals surface area contributed by atoms with Crippen LogP contribution in [0.15, 0.2) is 0 Å². The molecular formula is C14H30N2. The number of hydrogen-bond acceptors (Lipinski definition) is 2. The Labute approximate surface area is 101 Å². The van der Waals surface area contributed by atoms with E-state index in [2.05, 4.69) is 6.92 Å². The van der Waals surface area contributed by atoms with Gasteiger partial charge in [-0.25, -0.2) is 0 Å². The summed E-state index contributed by atoms with van der Waals surface area (Å²) < 4.78 is 0. The van der Waals surface area contributed by atoms with Gasteiger partial charge in [-0.2, -0.15) is 0 Å². The predicted molar refractivity (Wildman–Crippen MR) is 71.2 cm³/mol. The van der Waals surface area contributed by atoms with Crippen LogP contribution in [0, 0.1) is 11.8 Å². The zero-order chi connectivity index (χ0) is 11.8. The molecule has 96 valence electrons. The fraction of sp³-hybridized carbons (Fsp3) is 1.00. The van der Waals surface area contributed by atoms with E-state index in [1.165, 1.54) is 57.8 Å². The third-order valence-corrected chi connectivity index (χ3v) is 4.07. The number of hydrogen-bond donors (Lipinski definition) is 2. The Bertz CT molecular complexity index is 162. The van der Waals surface area contributed by atoms with E-state index in [1.54, 1.807) is 0 Å². The second kappa shape index (κ2) is 8.08. The van der Waals surface area contributed by atoms with Crippen molar-refractivity contribution in [2.45, 2.75) is 70.8 Å². The Morgan fingerprint density at radius 3 is 2.38 bits per heavy atom. The smallest absolute Gasteiger partial charge is 0.00390 e. The summed E-state index contributed by atoms with van der Waals surface area (Å²) in [6.07, 6.45) is 11.9. The van der Waals surface area contributed by atoms with Crippen LogP contribution in [-0.2, 0) is 0 Å². The molecule has 1 rings (SSSR count). The van der Waals surface area contributed by atoms with Crippen molar-refractivity contribution in [2.24, 2.45) is 23.3 Å². The highest BCUT2D eigenvalue weighted by Crippen LogP contribution is 2.31. The van der Waals surface area contributed by atoms with Gasteiger partial charge in [-0.05, 0) is 63.3 Å². The molecule has 0 heterocycles. The lowest BCUT2D eigenvalue weighted by Gasteiger charge is -2.29. The standard InChI is InChI=1S/C14H30N2/c1-2-4-12(5-3-10-15)11-13-6-8-14(16)9-7-13/h12-14H,2-11,15-16H2,1H3. The summed E-state index contributed by atoms with van der Waals surface area (Å²) in [5, 5.41) is 0. The van der Waals surface area contributed by atoms with E-state index in [-0.39, 0.29) is 0 Å². The normalized spacial score (nSPS) is 27.9. The van der Waals surface area contributed by atoms with E-state index in [0.29, 0.717) is 6.04 Å². The van der Waals surface area contributed by atoms with Crippen molar-refractivity contribution < 1.29 is 0 Å². The Hall–Kier alpha value is -0.0800.